The lowest BCUT2D eigenvalue weighted by molar-refractivity contribution is -0.141. The fourth-order valence-electron chi connectivity index (χ4n) is 4.00. The Bertz CT molecular complexity index is 1360. The number of halogens is 4. The number of benzene rings is 3. The number of methoxy groups -OCH3 is 1. The fourth-order valence-corrected chi connectivity index (χ4v) is 6.09. The highest BCUT2D eigenvalue weighted by atomic mass is 35.5. The van der Waals surface area contributed by atoms with Crippen LogP contribution in [-0.2, 0) is 25.3 Å². The molecule has 3 aromatic carbocycles. The van der Waals surface area contributed by atoms with Gasteiger partial charge in [0.2, 0.25) is 10.0 Å². The molecule has 1 unspecified atom stereocenters. The van der Waals surface area contributed by atoms with Crippen LogP contribution in [0.1, 0.15) is 23.6 Å². The van der Waals surface area contributed by atoms with Crippen molar-refractivity contribution in [2.75, 3.05) is 11.4 Å². The molecule has 0 spiro atoms. The van der Waals surface area contributed by atoms with E-state index >= 15 is 0 Å². The maximum Gasteiger partial charge on any atom is 0.307 e. The average molecular weight is 512 g/mol. The van der Waals surface area contributed by atoms with Crippen molar-refractivity contribution in [2.24, 2.45) is 0 Å². The van der Waals surface area contributed by atoms with Crippen molar-refractivity contribution in [2.45, 2.75) is 18.2 Å². The molecule has 0 amide bonds. The van der Waals surface area contributed by atoms with E-state index < -0.39 is 45.8 Å². The van der Waals surface area contributed by atoms with Crippen molar-refractivity contribution in [1.82, 2.24) is 0 Å². The standard InChI is InChI=1S/C23H17Cl2F2NO4S/c1-32-22(29)11-21-16-9-14(26)10-19(27)23(16)15-4-2-3-5-20(15)28(21)33(30,31)12-13-6-7-17(24)18(25)8-13/h2-10,21H,11-12H2,1H3. The van der Waals surface area contributed by atoms with E-state index in [1.807, 2.05) is 0 Å². The first-order chi connectivity index (χ1) is 15.6. The normalized spacial score (nSPS) is 15.1. The van der Waals surface area contributed by atoms with Gasteiger partial charge in [0.15, 0.2) is 0 Å². The molecule has 3 aromatic rings. The molecular formula is C23H17Cl2F2NO4S. The lowest BCUT2D eigenvalue weighted by atomic mass is 9.87. The van der Waals surface area contributed by atoms with Crippen LogP contribution in [0.4, 0.5) is 14.5 Å². The fraction of sp³-hybridized carbons (Fsp3) is 0.174. The van der Waals surface area contributed by atoms with E-state index in [2.05, 4.69) is 0 Å². The van der Waals surface area contributed by atoms with Crippen molar-refractivity contribution in [3.63, 3.8) is 0 Å². The van der Waals surface area contributed by atoms with Gasteiger partial charge >= 0.3 is 5.97 Å². The van der Waals surface area contributed by atoms with E-state index in [1.54, 1.807) is 18.2 Å². The second-order valence-corrected chi connectivity index (χ2v) is 10.1. The Morgan fingerprint density at radius 1 is 1.06 bits per heavy atom. The quantitative estimate of drug-likeness (QED) is 0.400. The summed E-state index contributed by atoms with van der Waals surface area (Å²) in [5.74, 6) is -2.95. The number of sulfonamides is 1. The number of ether oxygens (including phenoxy) is 1. The van der Waals surface area contributed by atoms with Gasteiger partial charge in [-0.3, -0.25) is 9.10 Å². The highest BCUT2D eigenvalue weighted by molar-refractivity contribution is 7.92. The third kappa shape index (κ3) is 4.43. The Morgan fingerprint density at radius 2 is 1.79 bits per heavy atom. The third-order valence-corrected chi connectivity index (χ3v) is 7.85. The van der Waals surface area contributed by atoms with E-state index in [4.69, 9.17) is 27.9 Å². The number of carbonyl (C=O) groups is 1. The van der Waals surface area contributed by atoms with Gasteiger partial charge in [-0.15, -0.1) is 0 Å². The van der Waals surface area contributed by atoms with E-state index in [0.717, 1.165) is 23.5 Å². The van der Waals surface area contributed by atoms with Gasteiger partial charge in [-0.05, 0) is 35.4 Å². The van der Waals surface area contributed by atoms with Gasteiger partial charge in [0, 0.05) is 17.2 Å². The van der Waals surface area contributed by atoms with Crippen molar-refractivity contribution in [3.8, 4) is 11.1 Å². The second kappa shape index (κ2) is 8.93. The van der Waals surface area contributed by atoms with Crippen LogP contribution in [-0.4, -0.2) is 21.5 Å². The first-order valence-electron chi connectivity index (χ1n) is 9.73. The SMILES string of the molecule is COC(=O)CC1c2cc(F)cc(F)c2-c2ccccc2N1S(=O)(=O)Cc1ccc(Cl)c(Cl)c1. The van der Waals surface area contributed by atoms with E-state index in [0.29, 0.717) is 5.56 Å². The minimum atomic E-state index is -4.17. The number of rotatable bonds is 5. The lowest BCUT2D eigenvalue weighted by Gasteiger charge is -2.39. The van der Waals surface area contributed by atoms with Gasteiger partial charge in [0.25, 0.3) is 0 Å². The number of fused-ring (bicyclic) bond motifs is 3. The van der Waals surface area contributed by atoms with Gasteiger partial charge < -0.3 is 4.74 Å². The Labute approximate surface area is 199 Å². The van der Waals surface area contributed by atoms with Crippen LogP contribution < -0.4 is 4.31 Å². The second-order valence-electron chi connectivity index (χ2n) is 7.47. The van der Waals surface area contributed by atoms with Gasteiger partial charge in [0.05, 0.1) is 41.1 Å². The zero-order valence-electron chi connectivity index (χ0n) is 17.2. The summed E-state index contributed by atoms with van der Waals surface area (Å²) in [4.78, 5) is 12.2. The third-order valence-electron chi connectivity index (χ3n) is 5.36. The zero-order chi connectivity index (χ0) is 23.9. The zero-order valence-corrected chi connectivity index (χ0v) is 19.5. The van der Waals surface area contributed by atoms with E-state index in [9.17, 15) is 22.0 Å². The molecule has 0 aromatic heterocycles. The summed E-state index contributed by atoms with van der Waals surface area (Å²) in [5.41, 5.74) is 0.874. The van der Waals surface area contributed by atoms with Crippen molar-refractivity contribution in [1.29, 1.82) is 0 Å². The maximum atomic E-state index is 14.9. The predicted octanol–water partition coefficient (Wildman–Crippen LogP) is 5.89. The van der Waals surface area contributed by atoms with Crippen molar-refractivity contribution >= 4 is 44.9 Å². The van der Waals surface area contributed by atoms with Gasteiger partial charge in [0.1, 0.15) is 11.6 Å². The molecule has 33 heavy (non-hydrogen) atoms. The summed E-state index contributed by atoms with van der Waals surface area (Å²) in [6.07, 6.45) is -0.443. The molecular weight excluding hydrogens is 495 g/mol. The van der Waals surface area contributed by atoms with Crippen LogP contribution >= 0.6 is 23.2 Å². The van der Waals surface area contributed by atoms with Crippen LogP contribution in [0.5, 0.6) is 0 Å². The summed E-state index contributed by atoms with van der Waals surface area (Å²) in [6, 6.07) is 11.3. The van der Waals surface area contributed by atoms with E-state index in [1.165, 1.54) is 24.3 Å². The van der Waals surface area contributed by atoms with Gasteiger partial charge in [-0.25, -0.2) is 17.2 Å². The molecule has 0 bridgehead atoms. The minimum absolute atomic E-state index is 0.0364. The molecule has 0 fully saturated rings. The summed E-state index contributed by atoms with van der Waals surface area (Å²) in [5, 5.41) is 0.452. The number of nitrogens with zero attached hydrogens (tertiary/aromatic N) is 1. The smallest absolute Gasteiger partial charge is 0.307 e. The molecule has 0 radical (unpaired) electrons. The number of anilines is 1. The summed E-state index contributed by atoms with van der Waals surface area (Å²) >= 11 is 12.0. The van der Waals surface area contributed by atoms with Crippen LogP contribution in [0.3, 0.4) is 0 Å². The van der Waals surface area contributed by atoms with E-state index in [-0.39, 0.29) is 32.4 Å². The Kier molecular flexibility index (Phi) is 6.35. The molecule has 5 nitrogen and oxygen atoms in total. The van der Waals surface area contributed by atoms with Crippen LogP contribution in [0.25, 0.3) is 11.1 Å². The molecule has 1 heterocycles. The molecule has 4 rings (SSSR count). The molecule has 1 atom stereocenters. The number of hydrogen-bond donors (Lipinski definition) is 0. The minimum Gasteiger partial charge on any atom is -0.469 e. The number of para-hydroxylation sites is 1. The van der Waals surface area contributed by atoms with Crippen molar-refractivity contribution < 1.29 is 26.7 Å². The first kappa shape index (κ1) is 23.5. The van der Waals surface area contributed by atoms with Crippen molar-refractivity contribution in [3.05, 3.63) is 87.4 Å². The van der Waals surface area contributed by atoms with Crippen LogP contribution in [0.2, 0.25) is 10.0 Å². The molecule has 0 aliphatic carbocycles. The van der Waals surface area contributed by atoms with Crippen LogP contribution in [0, 0.1) is 11.6 Å². The van der Waals surface area contributed by atoms with Gasteiger partial charge in [-0.1, -0.05) is 47.5 Å². The highest BCUT2D eigenvalue weighted by Crippen LogP contribution is 2.49. The molecule has 0 saturated carbocycles. The summed E-state index contributed by atoms with van der Waals surface area (Å²) in [6.45, 7) is 0. The number of hydrogen-bond acceptors (Lipinski definition) is 4. The first-order valence-corrected chi connectivity index (χ1v) is 12.1. The largest absolute Gasteiger partial charge is 0.469 e. The summed E-state index contributed by atoms with van der Waals surface area (Å²) in [7, 11) is -3.02. The predicted molar refractivity (Wildman–Crippen MR) is 123 cm³/mol. The molecule has 0 N–H and O–H groups in total. The Balaban J connectivity index is 1.92. The summed E-state index contributed by atoms with van der Waals surface area (Å²) < 4.78 is 62.3. The van der Waals surface area contributed by atoms with Crippen LogP contribution in [0.15, 0.2) is 54.6 Å². The average Bonchev–Trinajstić information content (AvgIpc) is 2.75. The highest BCUT2D eigenvalue weighted by Gasteiger charge is 2.41. The molecule has 172 valence electrons. The Morgan fingerprint density at radius 3 is 2.48 bits per heavy atom. The van der Waals surface area contributed by atoms with Gasteiger partial charge in [-0.2, -0.15) is 0 Å². The number of carbonyl (C=O) groups excluding carboxylic acids is 1. The maximum absolute atomic E-state index is 14.9. The monoisotopic (exact) mass is 511 g/mol. The molecule has 1 aliphatic heterocycles. The topological polar surface area (TPSA) is 63.7 Å². The molecule has 1 aliphatic rings. The Hall–Kier alpha value is -2.68. The molecule has 10 heteroatoms. The molecule has 0 saturated heterocycles. The number of esters is 1. The lowest BCUT2D eigenvalue weighted by Crippen LogP contribution is -2.40.